The van der Waals surface area contributed by atoms with Gasteiger partial charge in [-0.05, 0) is 30.2 Å². The second-order valence-electron chi connectivity index (χ2n) is 5.15. The van der Waals surface area contributed by atoms with Gasteiger partial charge in [-0.25, -0.2) is 0 Å². The molecule has 0 spiro atoms. The van der Waals surface area contributed by atoms with Crippen molar-refractivity contribution < 1.29 is 9.53 Å². The number of carbonyl (C=O) groups excluding carboxylic acids is 1. The molecule has 0 saturated heterocycles. The number of rotatable bonds is 3. The van der Waals surface area contributed by atoms with Crippen molar-refractivity contribution in [1.82, 2.24) is 0 Å². The summed E-state index contributed by atoms with van der Waals surface area (Å²) in [6.45, 7) is 2.55. The lowest BCUT2D eigenvalue weighted by atomic mass is 10.0. The molecule has 0 aliphatic carbocycles. The topological polar surface area (TPSA) is 55.6 Å². The van der Waals surface area contributed by atoms with Gasteiger partial charge in [0.2, 0.25) is 0 Å². The lowest BCUT2D eigenvalue weighted by Gasteiger charge is -2.34. The molecule has 0 radical (unpaired) electrons. The fourth-order valence-electron chi connectivity index (χ4n) is 2.65. The van der Waals surface area contributed by atoms with Gasteiger partial charge in [0.15, 0.2) is 6.61 Å². The SMILES string of the molecule is CC(c1ccccc1)N1C(=O)COc2cc(CN)ccc21. The molecule has 4 heteroatoms. The minimum Gasteiger partial charge on any atom is -0.482 e. The summed E-state index contributed by atoms with van der Waals surface area (Å²) in [4.78, 5) is 14.1. The molecule has 0 fully saturated rings. The minimum absolute atomic E-state index is 0.0284. The maximum Gasteiger partial charge on any atom is 0.265 e. The van der Waals surface area contributed by atoms with Crippen LogP contribution >= 0.6 is 0 Å². The monoisotopic (exact) mass is 282 g/mol. The summed E-state index contributed by atoms with van der Waals surface area (Å²) in [5.74, 6) is 0.694. The average Bonchev–Trinajstić information content (AvgIpc) is 2.54. The molecule has 0 saturated carbocycles. The van der Waals surface area contributed by atoms with Crippen LogP contribution in [0.5, 0.6) is 5.75 Å². The van der Waals surface area contributed by atoms with Gasteiger partial charge in [0, 0.05) is 6.54 Å². The normalized spacial score (nSPS) is 15.3. The molecular weight excluding hydrogens is 264 g/mol. The summed E-state index contributed by atoms with van der Waals surface area (Å²) >= 11 is 0. The van der Waals surface area contributed by atoms with Crippen molar-refractivity contribution in [3.63, 3.8) is 0 Å². The highest BCUT2D eigenvalue weighted by molar-refractivity contribution is 5.98. The highest BCUT2D eigenvalue weighted by atomic mass is 16.5. The molecule has 0 bridgehead atoms. The summed E-state index contributed by atoms with van der Waals surface area (Å²) in [5.41, 5.74) is 8.56. The van der Waals surface area contributed by atoms with Gasteiger partial charge in [0.1, 0.15) is 5.75 Å². The highest BCUT2D eigenvalue weighted by Gasteiger charge is 2.30. The molecule has 0 aromatic heterocycles. The summed E-state index contributed by atoms with van der Waals surface area (Å²) in [6, 6.07) is 15.7. The third-order valence-corrected chi connectivity index (χ3v) is 3.81. The van der Waals surface area contributed by atoms with E-state index >= 15 is 0 Å². The second-order valence-corrected chi connectivity index (χ2v) is 5.15. The van der Waals surface area contributed by atoms with Crippen LogP contribution in [0.3, 0.4) is 0 Å². The third kappa shape index (κ3) is 2.50. The zero-order chi connectivity index (χ0) is 14.8. The number of hydrogen-bond acceptors (Lipinski definition) is 3. The number of nitrogens with zero attached hydrogens (tertiary/aromatic N) is 1. The van der Waals surface area contributed by atoms with E-state index in [0.717, 1.165) is 22.6 Å². The van der Waals surface area contributed by atoms with E-state index in [4.69, 9.17) is 10.5 Å². The maximum absolute atomic E-state index is 12.3. The van der Waals surface area contributed by atoms with Gasteiger partial charge in [-0.15, -0.1) is 0 Å². The number of carbonyl (C=O) groups is 1. The first-order chi connectivity index (χ1) is 10.2. The minimum atomic E-state index is -0.0370. The van der Waals surface area contributed by atoms with Gasteiger partial charge in [0.25, 0.3) is 5.91 Å². The fraction of sp³-hybridized carbons (Fsp3) is 0.235. The molecule has 2 aromatic carbocycles. The number of amides is 1. The Kier molecular flexibility index (Phi) is 3.62. The quantitative estimate of drug-likeness (QED) is 0.941. The Morgan fingerprint density at radius 2 is 2.00 bits per heavy atom. The summed E-state index contributed by atoms with van der Waals surface area (Å²) in [6.07, 6.45) is 0. The van der Waals surface area contributed by atoms with Crippen LogP contribution in [0.4, 0.5) is 5.69 Å². The first kappa shape index (κ1) is 13.6. The molecule has 4 nitrogen and oxygen atoms in total. The summed E-state index contributed by atoms with van der Waals surface area (Å²) < 4.78 is 5.55. The number of nitrogens with two attached hydrogens (primary N) is 1. The van der Waals surface area contributed by atoms with Crippen molar-refractivity contribution in [1.29, 1.82) is 0 Å². The van der Waals surface area contributed by atoms with E-state index in [9.17, 15) is 4.79 Å². The van der Waals surface area contributed by atoms with E-state index in [1.807, 2.05) is 55.5 Å². The number of ether oxygens (including phenoxy) is 1. The number of hydrogen-bond donors (Lipinski definition) is 1. The van der Waals surface area contributed by atoms with Crippen molar-refractivity contribution >= 4 is 11.6 Å². The second kappa shape index (κ2) is 5.58. The fourth-order valence-corrected chi connectivity index (χ4v) is 2.65. The molecule has 1 aliphatic heterocycles. The molecular formula is C17H18N2O2. The van der Waals surface area contributed by atoms with Crippen molar-refractivity contribution in [3.05, 3.63) is 59.7 Å². The van der Waals surface area contributed by atoms with Crippen molar-refractivity contribution in [2.75, 3.05) is 11.5 Å². The van der Waals surface area contributed by atoms with E-state index in [2.05, 4.69) is 0 Å². The number of anilines is 1. The van der Waals surface area contributed by atoms with Crippen molar-refractivity contribution in [2.24, 2.45) is 5.73 Å². The zero-order valence-corrected chi connectivity index (χ0v) is 12.0. The van der Waals surface area contributed by atoms with Gasteiger partial charge in [-0.1, -0.05) is 36.4 Å². The van der Waals surface area contributed by atoms with Crippen LogP contribution in [-0.2, 0) is 11.3 Å². The van der Waals surface area contributed by atoms with Gasteiger partial charge in [0.05, 0.1) is 11.7 Å². The van der Waals surface area contributed by atoms with Crippen LogP contribution in [0.25, 0.3) is 0 Å². The van der Waals surface area contributed by atoms with Gasteiger partial charge in [-0.2, -0.15) is 0 Å². The van der Waals surface area contributed by atoms with Crippen LogP contribution in [0.15, 0.2) is 48.5 Å². The summed E-state index contributed by atoms with van der Waals surface area (Å²) in [5, 5.41) is 0. The largest absolute Gasteiger partial charge is 0.482 e. The van der Waals surface area contributed by atoms with Gasteiger partial charge >= 0.3 is 0 Å². The molecule has 1 heterocycles. The van der Waals surface area contributed by atoms with E-state index < -0.39 is 0 Å². The Balaban J connectivity index is 2.01. The predicted octanol–water partition coefficient (Wildman–Crippen LogP) is 2.63. The van der Waals surface area contributed by atoms with E-state index in [-0.39, 0.29) is 18.6 Å². The van der Waals surface area contributed by atoms with E-state index in [1.165, 1.54) is 0 Å². The first-order valence-electron chi connectivity index (χ1n) is 7.03. The van der Waals surface area contributed by atoms with Crippen LogP contribution < -0.4 is 15.4 Å². The van der Waals surface area contributed by atoms with E-state index in [0.29, 0.717) is 6.54 Å². The first-order valence-corrected chi connectivity index (χ1v) is 7.03. The molecule has 3 rings (SSSR count). The molecule has 1 amide bonds. The lowest BCUT2D eigenvalue weighted by Crippen LogP contribution is -2.40. The highest BCUT2D eigenvalue weighted by Crippen LogP contribution is 2.37. The van der Waals surface area contributed by atoms with Crippen LogP contribution in [0.2, 0.25) is 0 Å². The molecule has 2 N–H and O–H groups in total. The Bertz CT molecular complexity index is 655. The van der Waals surface area contributed by atoms with Crippen LogP contribution in [0.1, 0.15) is 24.1 Å². The molecule has 1 aliphatic rings. The Hall–Kier alpha value is -2.33. The van der Waals surface area contributed by atoms with Crippen LogP contribution in [0, 0.1) is 0 Å². The van der Waals surface area contributed by atoms with Crippen LogP contribution in [-0.4, -0.2) is 12.5 Å². The van der Waals surface area contributed by atoms with Gasteiger partial charge < -0.3 is 10.5 Å². The van der Waals surface area contributed by atoms with Crippen molar-refractivity contribution in [2.45, 2.75) is 19.5 Å². The molecule has 1 unspecified atom stereocenters. The Labute approximate surface area is 124 Å². The maximum atomic E-state index is 12.3. The Morgan fingerprint density at radius 1 is 1.24 bits per heavy atom. The third-order valence-electron chi connectivity index (χ3n) is 3.81. The summed E-state index contributed by atoms with van der Waals surface area (Å²) in [7, 11) is 0. The van der Waals surface area contributed by atoms with E-state index in [1.54, 1.807) is 4.90 Å². The standard InChI is InChI=1S/C17H18N2O2/c1-12(14-5-3-2-4-6-14)19-15-8-7-13(10-18)9-16(15)21-11-17(19)20/h2-9,12H,10-11,18H2,1H3. The molecule has 108 valence electrons. The van der Waals surface area contributed by atoms with Crippen molar-refractivity contribution in [3.8, 4) is 5.75 Å². The molecule has 2 aromatic rings. The van der Waals surface area contributed by atoms with Gasteiger partial charge in [-0.3, -0.25) is 9.69 Å². The average molecular weight is 282 g/mol. The zero-order valence-electron chi connectivity index (χ0n) is 12.0. The molecule has 21 heavy (non-hydrogen) atoms. The number of benzene rings is 2. The molecule has 1 atom stereocenters. The smallest absolute Gasteiger partial charge is 0.265 e. The lowest BCUT2D eigenvalue weighted by molar-refractivity contribution is -0.121. The number of fused-ring (bicyclic) bond motifs is 1. The predicted molar refractivity (Wildman–Crippen MR) is 82.2 cm³/mol. The Morgan fingerprint density at radius 3 is 2.71 bits per heavy atom.